The Bertz CT molecular complexity index is 802. The summed E-state index contributed by atoms with van der Waals surface area (Å²) in [6.45, 7) is 0.968. The van der Waals surface area contributed by atoms with Gasteiger partial charge in [-0.05, 0) is 24.3 Å². The van der Waals surface area contributed by atoms with Crippen molar-refractivity contribution in [2.45, 2.75) is 6.54 Å². The van der Waals surface area contributed by atoms with Crippen LogP contribution in [0.2, 0.25) is 0 Å². The number of rotatable bonds is 3. The van der Waals surface area contributed by atoms with Gasteiger partial charge in [-0.15, -0.1) is 0 Å². The molecule has 1 aromatic heterocycles. The van der Waals surface area contributed by atoms with E-state index in [9.17, 15) is 0 Å². The van der Waals surface area contributed by atoms with Crippen LogP contribution in [0.5, 0.6) is 11.5 Å². The second-order valence-corrected chi connectivity index (χ2v) is 4.92. The first-order chi connectivity index (χ1) is 10.4. The van der Waals surface area contributed by atoms with Gasteiger partial charge in [0.1, 0.15) is 0 Å². The van der Waals surface area contributed by atoms with Crippen LogP contribution in [-0.4, -0.2) is 11.8 Å². The molecule has 2 heterocycles. The molecule has 0 fully saturated rings. The molecule has 0 saturated heterocycles. The Morgan fingerprint density at radius 3 is 2.86 bits per heavy atom. The molecule has 0 amide bonds. The Kier molecular flexibility index (Phi) is 2.85. The fourth-order valence-electron chi connectivity index (χ4n) is 2.41. The van der Waals surface area contributed by atoms with Gasteiger partial charge in [0.05, 0.1) is 17.8 Å². The van der Waals surface area contributed by atoms with Crippen molar-refractivity contribution in [3.63, 3.8) is 0 Å². The number of benzene rings is 2. The summed E-state index contributed by atoms with van der Waals surface area (Å²) in [5, 5.41) is 4.51. The van der Waals surface area contributed by atoms with E-state index in [1.54, 1.807) is 0 Å². The SMILES string of the molecule is c1ccc2nc(CNc3ccc4c(c3)OCO4)ccc2c1. The number of pyridine rings is 1. The average Bonchev–Trinajstić information content (AvgIpc) is 3.00. The quantitative estimate of drug-likeness (QED) is 0.795. The second kappa shape index (κ2) is 4.98. The fourth-order valence-corrected chi connectivity index (χ4v) is 2.41. The molecule has 4 rings (SSSR count). The van der Waals surface area contributed by atoms with Gasteiger partial charge in [-0.2, -0.15) is 0 Å². The largest absolute Gasteiger partial charge is 0.454 e. The van der Waals surface area contributed by atoms with Crippen molar-refractivity contribution in [3.8, 4) is 11.5 Å². The van der Waals surface area contributed by atoms with Crippen molar-refractivity contribution < 1.29 is 9.47 Å². The lowest BCUT2D eigenvalue weighted by molar-refractivity contribution is 0.174. The van der Waals surface area contributed by atoms with E-state index in [0.717, 1.165) is 33.8 Å². The summed E-state index contributed by atoms with van der Waals surface area (Å²) in [6.07, 6.45) is 0. The molecule has 0 aliphatic carbocycles. The number of aromatic nitrogens is 1. The molecule has 2 aromatic carbocycles. The maximum atomic E-state index is 5.37. The fraction of sp³-hybridized carbons (Fsp3) is 0.118. The second-order valence-electron chi connectivity index (χ2n) is 4.92. The summed E-state index contributed by atoms with van der Waals surface area (Å²) in [5.74, 6) is 1.58. The molecule has 0 saturated carbocycles. The molecule has 4 nitrogen and oxygen atoms in total. The summed E-state index contributed by atoms with van der Waals surface area (Å²) in [6, 6.07) is 18.1. The van der Waals surface area contributed by atoms with E-state index in [0.29, 0.717) is 13.3 Å². The molecule has 0 radical (unpaired) electrons. The molecule has 0 unspecified atom stereocenters. The van der Waals surface area contributed by atoms with Crippen LogP contribution >= 0.6 is 0 Å². The van der Waals surface area contributed by atoms with Crippen molar-refractivity contribution in [1.82, 2.24) is 4.98 Å². The summed E-state index contributed by atoms with van der Waals surface area (Å²) < 4.78 is 10.7. The van der Waals surface area contributed by atoms with Crippen molar-refractivity contribution in [3.05, 3.63) is 60.3 Å². The summed E-state index contributed by atoms with van der Waals surface area (Å²) >= 11 is 0. The Balaban J connectivity index is 1.52. The van der Waals surface area contributed by atoms with Gasteiger partial charge in [0.2, 0.25) is 6.79 Å². The number of hydrogen-bond donors (Lipinski definition) is 1. The van der Waals surface area contributed by atoms with E-state index in [1.807, 2.05) is 42.5 Å². The number of nitrogens with zero attached hydrogens (tertiary/aromatic N) is 1. The normalized spacial score (nSPS) is 12.6. The van der Waals surface area contributed by atoms with Crippen molar-refractivity contribution >= 4 is 16.6 Å². The minimum Gasteiger partial charge on any atom is -0.454 e. The third kappa shape index (κ3) is 2.36. The molecular weight excluding hydrogens is 264 g/mol. The lowest BCUT2D eigenvalue weighted by atomic mass is 10.2. The molecule has 104 valence electrons. The highest BCUT2D eigenvalue weighted by molar-refractivity contribution is 5.78. The van der Waals surface area contributed by atoms with Crippen LogP contribution in [-0.2, 0) is 6.54 Å². The Morgan fingerprint density at radius 1 is 0.952 bits per heavy atom. The van der Waals surface area contributed by atoms with Crippen LogP contribution < -0.4 is 14.8 Å². The third-order valence-corrected chi connectivity index (χ3v) is 3.50. The van der Waals surface area contributed by atoms with Gasteiger partial charge in [-0.1, -0.05) is 24.3 Å². The molecule has 1 N–H and O–H groups in total. The number of para-hydroxylation sites is 1. The highest BCUT2D eigenvalue weighted by atomic mass is 16.7. The van der Waals surface area contributed by atoms with E-state index in [4.69, 9.17) is 9.47 Å². The molecule has 1 aliphatic rings. The zero-order valence-electron chi connectivity index (χ0n) is 11.4. The van der Waals surface area contributed by atoms with Crippen LogP contribution in [0.3, 0.4) is 0 Å². The first kappa shape index (κ1) is 12.0. The van der Waals surface area contributed by atoms with Gasteiger partial charge < -0.3 is 14.8 Å². The average molecular weight is 278 g/mol. The zero-order valence-corrected chi connectivity index (χ0v) is 11.4. The summed E-state index contributed by atoms with van der Waals surface area (Å²) in [5.41, 5.74) is 3.02. The smallest absolute Gasteiger partial charge is 0.231 e. The van der Waals surface area contributed by atoms with Gasteiger partial charge in [0.25, 0.3) is 0 Å². The lowest BCUT2D eigenvalue weighted by Gasteiger charge is -2.07. The molecule has 1 aliphatic heterocycles. The van der Waals surface area contributed by atoms with E-state index >= 15 is 0 Å². The summed E-state index contributed by atoms with van der Waals surface area (Å²) in [7, 11) is 0. The van der Waals surface area contributed by atoms with E-state index in [1.165, 1.54) is 0 Å². The van der Waals surface area contributed by atoms with E-state index in [-0.39, 0.29) is 0 Å². The number of hydrogen-bond acceptors (Lipinski definition) is 4. The Morgan fingerprint density at radius 2 is 1.86 bits per heavy atom. The van der Waals surface area contributed by atoms with Crippen molar-refractivity contribution in [1.29, 1.82) is 0 Å². The van der Waals surface area contributed by atoms with Crippen LogP contribution in [0, 0.1) is 0 Å². The lowest BCUT2D eigenvalue weighted by Crippen LogP contribution is -2.01. The summed E-state index contributed by atoms with van der Waals surface area (Å²) in [4.78, 5) is 4.64. The van der Waals surface area contributed by atoms with Gasteiger partial charge in [0, 0.05) is 17.1 Å². The molecule has 3 aromatic rings. The predicted molar refractivity (Wildman–Crippen MR) is 81.6 cm³/mol. The van der Waals surface area contributed by atoms with Crippen molar-refractivity contribution in [2.75, 3.05) is 12.1 Å². The topological polar surface area (TPSA) is 43.4 Å². The maximum absolute atomic E-state index is 5.37. The van der Waals surface area contributed by atoms with E-state index in [2.05, 4.69) is 22.4 Å². The minimum atomic E-state index is 0.297. The standard InChI is InChI=1S/C17H14N2O2/c1-2-4-15-12(3-1)5-6-14(19-15)10-18-13-7-8-16-17(9-13)21-11-20-16/h1-9,18H,10-11H2. The highest BCUT2D eigenvalue weighted by Crippen LogP contribution is 2.34. The van der Waals surface area contributed by atoms with Crippen LogP contribution in [0.15, 0.2) is 54.6 Å². The first-order valence-corrected chi connectivity index (χ1v) is 6.87. The van der Waals surface area contributed by atoms with E-state index < -0.39 is 0 Å². The first-order valence-electron chi connectivity index (χ1n) is 6.87. The molecule has 0 atom stereocenters. The van der Waals surface area contributed by atoms with Crippen LogP contribution in [0.1, 0.15) is 5.69 Å². The van der Waals surface area contributed by atoms with Gasteiger partial charge >= 0.3 is 0 Å². The molecule has 21 heavy (non-hydrogen) atoms. The highest BCUT2D eigenvalue weighted by Gasteiger charge is 2.12. The number of fused-ring (bicyclic) bond motifs is 2. The molecular formula is C17H14N2O2. The monoisotopic (exact) mass is 278 g/mol. The minimum absolute atomic E-state index is 0.297. The van der Waals surface area contributed by atoms with Gasteiger partial charge in [-0.25, -0.2) is 0 Å². The number of anilines is 1. The molecule has 4 heteroatoms. The predicted octanol–water partition coefficient (Wildman–Crippen LogP) is 3.58. The number of ether oxygens (including phenoxy) is 2. The maximum Gasteiger partial charge on any atom is 0.231 e. The Labute approximate surface area is 122 Å². The third-order valence-electron chi connectivity index (χ3n) is 3.50. The van der Waals surface area contributed by atoms with Gasteiger partial charge in [-0.3, -0.25) is 4.98 Å². The van der Waals surface area contributed by atoms with Crippen LogP contribution in [0.25, 0.3) is 10.9 Å². The Hall–Kier alpha value is -2.75. The molecule has 0 spiro atoms. The zero-order chi connectivity index (χ0) is 14.1. The van der Waals surface area contributed by atoms with Crippen molar-refractivity contribution in [2.24, 2.45) is 0 Å². The van der Waals surface area contributed by atoms with Gasteiger partial charge in [0.15, 0.2) is 11.5 Å². The van der Waals surface area contributed by atoms with Crippen LogP contribution in [0.4, 0.5) is 5.69 Å². The molecule has 0 bridgehead atoms. The number of nitrogens with one attached hydrogen (secondary N) is 1.